The zero-order valence-electron chi connectivity index (χ0n) is 13.0. The molecule has 0 fully saturated rings. The first-order valence-electron chi connectivity index (χ1n) is 7.88. The first kappa shape index (κ1) is 13.9. The van der Waals surface area contributed by atoms with Crippen molar-refractivity contribution >= 4 is 16.8 Å². The van der Waals surface area contributed by atoms with Crippen LogP contribution in [0, 0.1) is 6.92 Å². The first-order valence-corrected chi connectivity index (χ1v) is 7.88. The third-order valence-electron chi connectivity index (χ3n) is 4.36. The van der Waals surface area contributed by atoms with Gasteiger partial charge in [0, 0.05) is 42.5 Å². The van der Waals surface area contributed by atoms with Gasteiger partial charge in [0.15, 0.2) is 0 Å². The molecule has 0 bridgehead atoms. The van der Waals surface area contributed by atoms with Gasteiger partial charge in [-0.05, 0) is 25.5 Å². The predicted molar refractivity (Wildman–Crippen MR) is 88.3 cm³/mol. The number of nitrogens with one attached hydrogen (secondary N) is 1. The Bertz CT molecular complexity index is 884. The zero-order valence-corrected chi connectivity index (χ0v) is 13.0. The fourth-order valence-corrected chi connectivity index (χ4v) is 3.24. The number of imidazole rings is 1. The number of pyridine rings is 1. The molecular weight excluding hydrogens is 288 g/mol. The molecule has 0 aliphatic carbocycles. The van der Waals surface area contributed by atoms with Crippen LogP contribution in [-0.4, -0.2) is 26.5 Å². The Hall–Kier alpha value is -2.69. The van der Waals surface area contributed by atoms with Crippen LogP contribution in [-0.2, 0) is 13.0 Å². The maximum Gasteiger partial charge on any atom is 0.252 e. The van der Waals surface area contributed by atoms with Gasteiger partial charge in [-0.3, -0.25) is 9.78 Å². The van der Waals surface area contributed by atoms with Crippen molar-refractivity contribution in [1.29, 1.82) is 0 Å². The molecule has 1 aliphatic rings. The number of para-hydroxylation sites is 1. The second-order valence-corrected chi connectivity index (χ2v) is 6.03. The summed E-state index contributed by atoms with van der Waals surface area (Å²) in [7, 11) is 0. The maximum atomic E-state index is 12.8. The van der Waals surface area contributed by atoms with Crippen LogP contribution in [0.3, 0.4) is 0 Å². The van der Waals surface area contributed by atoms with E-state index in [-0.39, 0.29) is 11.9 Å². The number of fused-ring (bicyclic) bond motifs is 2. The van der Waals surface area contributed by atoms with E-state index < -0.39 is 0 Å². The van der Waals surface area contributed by atoms with Crippen LogP contribution < -0.4 is 5.32 Å². The van der Waals surface area contributed by atoms with Crippen molar-refractivity contribution in [3.05, 3.63) is 59.8 Å². The molecular formula is C18H18N4O. The zero-order chi connectivity index (χ0) is 15.8. The molecule has 23 heavy (non-hydrogen) atoms. The lowest BCUT2D eigenvalue weighted by Gasteiger charge is -2.25. The molecule has 5 nitrogen and oxygen atoms in total. The molecule has 2 aromatic heterocycles. The molecule has 1 amide bonds. The molecule has 3 aromatic rings. The van der Waals surface area contributed by atoms with E-state index in [1.165, 1.54) is 0 Å². The average molecular weight is 306 g/mol. The van der Waals surface area contributed by atoms with Crippen LogP contribution in [0.15, 0.2) is 42.7 Å². The number of nitrogens with zero attached hydrogens (tertiary/aromatic N) is 3. The average Bonchev–Trinajstić information content (AvgIpc) is 3.01. The SMILES string of the molecule is Cc1cc(C(=O)NC2CCc3nccn3C2)c2ccccc2n1. The van der Waals surface area contributed by atoms with E-state index in [1.54, 1.807) is 0 Å². The Morgan fingerprint density at radius 2 is 2.22 bits per heavy atom. The molecule has 3 heterocycles. The van der Waals surface area contributed by atoms with Crippen LogP contribution in [0.1, 0.15) is 28.3 Å². The number of hydrogen-bond acceptors (Lipinski definition) is 3. The molecule has 4 rings (SSSR count). The van der Waals surface area contributed by atoms with Crippen LogP contribution in [0.5, 0.6) is 0 Å². The minimum Gasteiger partial charge on any atom is -0.347 e. The minimum absolute atomic E-state index is 0.0275. The van der Waals surface area contributed by atoms with Crippen molar-refractivity contribution in [2.75, 3.05) is 0 Å². The third-order valence-corrected chi connectivity index (χ3v) is 4.36. The summed E-state index contributed by atoms with van der Waals surface area (Å²) >= 11 is 0. The van der Waals surface area contributed by atoms with Crippen molar-refractivity contribution in [1.82, 2.24) is 19.9 Å². The van der Waals surface area contributed by atoms with E-state index in [9.17, 15) is 4.79 Å². The Kier molecular flexibility index (Phi) is 3.33. The molecule has 0 saturated carbocycles. The molecule has 1 unspecified atom stereocenters. The fraction of sp³-hybridized carbons (Fsp3) is 0.278. The van der Waals surface area contributed by atoms with Gasteiger partial charge in [0.2, 0.25) is 0 Å². The topological polar surface area (TPSA) is 59.8 Å². The van der Waals surface area contributed by atoms with E-state index in [0.717, 1.165) is 41.8 Å². The summed E-state index contributed by atoms with van der Waals surface area (Å²) in [5.74, 6) is 1.07. The van der Waals surface area contributed by atoms with Crippen molar-refractivity contribution < 1.29 is 4.79 Å². The number of amides is 1. The smallest absolute Gasteiger partial charge is 0.252 e. The molecule has 1 aliphatic heterocycles. The fourth-order valence-electron chi connectivity index (χ4n) is 3.24. The van der Waals surface area contributed by atoms with Gasteiger partial charge >= 0.3 is 0 Å². The van der Waals surface area contributed by atoms with Crippen LogP contribution in [0.4, 0.5) is 0 Å². The second-order valence-electron chi connectivity index (χ2n) is 6.03. The normalized spacial score (nSPS) is 17.0. The van der Waals surface area contributed by atoms with Gasteiger partial charge in [-0.1, -0.05) is 18.2 Å². The van der Waals surface area contributed by atoms with Gasteiger partial charge < -0.3 is 9.88 Å². The van der Waals surface area contributed by atoms with Gasteiger partial charge in [-0.15, -0.1) is 0 Å². The van der Waals surface area contributed by atoms with Crippen molar-refractivity contribution in [3.63, 3.8) is 0 Å². The third kappa shape index (κ3) is 2.59. The van der Waals surface area contributed by atoms with E-state index in [0.29, 0.717) is 5.56 Å². The van der Waals surface area contributed by atoms with E-state index >= 15 is 0 Å². The summed E-state index contributed by atoms with van der Waals surface area (Å²) in [4.78, 5) is 21.6. The number of aromatic nitrogens is 3. The number of carbonyl (C=O) groups is 1. The summed E-state index contributed by atoms with van der Waals surface area (Å²) in [6, 6.07) is 9.77. The molecule has 5 heteroatoms. The lowest BCUT2D eigenvalue weighted by Crippen LogP contribution is -2.41. The Morgan fingerprint density at radius 3 is 3.13 bits per heavy atom. The summed E-state index contributed by atoms with van der Waals surface area (Å²) in [5, 5.41) is 4.07. The van der Waals surface area contributed by atoms with Gasteiger partial charge in [0.1, 0.15) is 5.82 Å². The highest BCUT2D eigenvalue weighted by atomic mass is 16.1. The van der Waals surface area contributed by atoms with Crippen LogP contribution in [0.2, 0.25) is 0 Å². The van der Waals surface area contributed by atoms with E-state index in [1.807, 2.05) is 49.6 Å². The lowest BCUT2D eigenvalue weighted by atomic mass is 10.0. The number of aryl methyl sites for hydroxylation is 2. The summed E-state index contributed by atoms with van der Waals surface area (Å²) in [6.45, 7) is 2.70. The molecule has 1 atom stereocenters. The molecule has 0 saturated heterocycles. The Labute approximate surface area is 134 Å². The molecule has 1 N–H and O–H groups in total. The highest BCUT2D eigenvalue weighted by Crippen LogP contribution is 2.19. The highest BCUT2D eigenvalue weighted by molar-refractivity contribution is 6.06. The lowest BCUT2D eigenvalue weighted by molar-refractivity contribution is 0.0929. The minimum atomic E-state index is -0.0275. The van der Waals surface area contributed by atoms with Crippen LogP contribution >= 0.6 is 0 Å². The summed E-state index contributed by atoms with van der Waals surface area (Å²) in [5.41, 5.74) is 2.41. The van der Waals surface area contributed by atoms with Crippen LogP contribution in [0.25, 0.3) is 10.9 Å². The Balaban J connectivity index is 1.61. The number of rotatable bonds is 2. The molecule has 0 radical (unpaired) electrons. The van der Waals surface area contributed by atoms with Crippen molar-refractivity contribution in [3.8, 4) is 0 Å². The molecule has 1 aromatic carbocycles. The van der Waals surface area contributed by atoms with Gasteiger partial charge in [-0.2, -0.15) is 0 Å². The summed E-state index contributed by atoms with van der Waals surface area (Å²) in [6.07, 6.45) is 5.61. The Morgan fingerprint density at radius 1 is 1.35 bits per heavy atom. The number of benzene rings is 1. The van der Waals surface area contributed by atoms with Gasteiger partial charge in [0.05, 0.1) is 11.1 Å². The van der Waals surface area contributed by atoms with Crippen molar-refractivity contribution in [2.45, 2.75) is 32.4 Å². The van der Waals surface area contributed by atoms with Gasteiger partial charge in [-0.25, -0.2) is 4.98 Å². The number of hydrogen-bond donors (Lipinski definition) is 1. The van der Waals surface area contributed by atoms with Gasteiger partial charge in [0.25, 0.3) is 5.91 Å². The predicted octanol–water partition coefficient (Wildman–Crippen LogP) is 2.48. The van der Waals surface area contributed by atoms with Crippen molar-refractivity contribution in [2.24, 2.45) is 0 Å². The maximum absolute atomic E-state index is 12.8. The first-order chi connectivity index (χ1) is 11.2. The number of carbonyl (C=O) groups excluding carboxylic acids is 1. The monoisotopic (exact) mass is 306 g/mol. The molecule has 116 valence electrons. The highest BCUT2D eigenvalue weighted by Gasteiger charge is 2.21. The quantitative estimate of drug-likeness (QED) is 0.791. The summed E-state index contributed by atoms with van der Waals surface area (Å²) < 4.78 is 2.12. The second kappa shape index (κ2) is 5.50. The standard InChI is InChI=1S/C18H18N4O/c1-12-10-15(14-4-2-3-5-16(14)20-12)18(23)21-13-6-7-17-19-8-9-22(17)11-13/h2-5,8-10,13H,6-7,11H2,1H3,(H,21,23). The largest absolute Gasteiger partial charge is 0.347 e. The van der Waals surface area contributed by atoms with E-state index in [4.69, 9.17) is 0 Å². The molecule has 0 spiro atoms. The van der Waals surface area contributed by atoms with E-state index in [2.05, 4.69) is 19.9 Å².